The smallest absolute Gasteiger partial charge is 0.326 e. The average molecular weight is 464 g/mol. The van der Waals surface area contributed by atoms with Gasteiger partial charge in [-0.15, -0.1) is 0 Å². The van der Waals surface area contributed by atoms with Gasteiger partial charge in [-0.1, -0.05) is 0 Å². The van der Waals surface area contributed by atoms with E-state index in [1.807, 2.05) is 6.26 Å². The van der Waals surface area contributed by atoms with Crippen LogP contribution in [0.3, 0.4) is 0 Å². The minimum absolute atomic E-state index is 0.104. The van der Waals surface area contributed by atoms with Crippen LogP contribution in [0, 0.1) is 0 Å². The van der Waals surface area contributed by atoms with Crippen molar-refractivity contribution in [2.75, 3.05) is 18.6 Å². The summed E-state index contributed by atoms with van der Waals surface area (Å²) in [6.45, 7) is 1.72. The van der Waals surface area contributed by atoms with Gasteiger partial charge in [-0.3, -0.25) is 19.2 Å². The van der Waals surface area contributed by atoms with Crippen molar-refractivity contribution in [3.05, 3.63) is 0 Å². The maximum Gasteiger partial charge on any atom is 0.326 e. The highest BCUT2D eigenvalue weighted by atomic mass is 32.2. The summed E-state index contributed by atoms with van der Waals surface area (Å²) in [7, 11) is 0. The molecular weight excluding hydrogens is 430 g/mol. The summed E-state index contributed by atoms with van der Waals surface area (Å²) in [5, 5.41) is 25.2. The van der Waals surface area contributed by atoms with Crippen LogP contribution < -0.4 is 27.4 Å². The van der Waals surface area contributed by atoms with Gasteiger partial charge in [-0.2, -0.15) is 11.8 Å². The first-order valence-electron chi connectivity index (χ1n) is 9.83. The number of nitrogens with one attached hydrogen (secondary N) is 3. The Morgan fingerprint density at radius 1 is 0.903 bits per heavy atom. The topological polar surface area (TPSA) is 214 Å². The lowest BCUT2D eigenvalue weighted by Gasteiger charge is -2.23. The van der Waals surface area contributed by atoms with Crippen LogP contribution in [0.1, 0.15) is 39.0 Å². The van der Waals surface area contributed by atoms with Gasteiger partial charge in [-0.25, -0.2) is 4.79 Å². The Bertz CT molecular complexity index is 634. The van der Waals surface area contributed by atoms with E-state index in [4.69, 9.17) is 16.6 Å². The van der Waals surface area contributed by atoms with Crippen molar-refractivity contribution >= 4 is 41.4 Å². The van der Waals surface area contributed by atoms with Gasteiger partial charge in [-0.05, 0) is 51.2 Å². The predicted octanol–water partition coefficient (Wildman–Crippen LogP) is -1.77. The number of hydrogen-bond donors (Lipinski definition) is 7. The number of hydrogen-bond acceptors (Lipinski definition) is 8. The average Bonchev–Trinajstić information content (AvgIpc) is 2.69. The van der Waals surface area contributed by atoms with Crippen molar-refractivity contribution in [2.24, 2.45) is 11.5 Å². The van der Waals surface area contributed by atoms with Crippen molar-refractivity contribution in [3.8, 4) is 0 Å². The van der Waals surface area contributed by atoms with Crippen LogP contribution in [0.5, 0.6) is 0 Å². The number of aliphatic carboxylic acids is 2. The third-order valence-corrected chi connectivity index (χ3v) is 4.94. The molecule has 4 atom stereocenters. The van der Waals surface area contributed by atoms with E-state index in [0.717, 1.165) is 0 Å². The fourth-order valence-electron chi connectivity index (χ4n) is 2.46. The SMILES string of the molecule is CSCCC(N)C(=O)NC(C)C(=O)NC(CC(=O)O)C(=O)NC(CCCCN)C(=O)O. The molecule has 0 aliphatic carbocycles. The van der Waals surface area contributed by atoms with Crippen molar-refractivity contribution in [3.63, 3.8) is 0 Å². The second-order valence-corrected chi connectivity index (χ2v) is 7.95. The van der Waals surface area contributed by atoms with E-state index in [0.29, 0.717) is 31.6 Å². The molecule has 0 aromatic carbocycles. The molecular formula is C18H33N5O7S. The highest BCUT2D eigenvalue weighted by Gasteiger charge is 2.30. The van der Waals surface area contributed by atoms with Gasteiger partial charge in [0.25, 0.3) is 0 Å². The van der Waals surface area contributed by atoms with Crippen LogP contribution in [0.4, 0.5) is 0 Å². The van der Waals surface area contributed by atoms with Gasteiger partial charge < -0.3 is 37.6 Å². The third kappa shape index (κ3) is 12.2. The molecule has 0 aliphatic heterocycles. The van der Waals surface area contributed by atoms with Crippen LogP contribution in [0.25, 0.3) is 0 Å². The second kappa shape index (κ2) is 15.4. The molecule has 0 heterocycles. The van der Waals surface area contributed by atoms with Crippen LogP contribution >= 0.6 is 11.8 Å². The molecule has 4 unspecified atom stereocenters. The molecule has 0 aromatic heterocycles. The number of carbonyl (C=O) groups is 5. The summed E-state index contributed by atoms with van der Waals surface area (Å²) in [6.07, 6.45) is 2.62. The summed E-state index contributed by atoms with van der Waals surface area (Å²) in [5.74, 6) is -4.31. The predicted molar refractivity (Wildman–Crippen MR) is 115 cm³/mol. The zero-order valence-electron chi connectivity index (χ0n) is 17.8. The van der Waals surface area contributed by atoms with Gasteiger partial charge in [0.1, 0.15) is 18.1 Å². The van der Waals surface area contributed by atoms with Gasteiger partial charge in [0.15, 0.2) is 0 Å². The van der Waals surface area contributed by atoms with E-state index >= 15 is 0 Å². The molecule has 0 saturated carbocycles. The van der Waals surface area contributed by atoms with Crippen molar-refractivity contribution in [1.82, 2.24) is 16.0 Å². The molecule has 31 heavy (non-hydrogen) atoms. The minimum Gasteiger partial charge on any atom is -0.481 e. The number of nitrogens with two attached hydrogens (primary N) is 2. The first-order chi connectivity index (χ1) is 14.5. The second-order valence-electron chi connectivity index (χ2n) is 6.96. The molecule has 3 amide bonds. The molecule has 0 rings (SSSR count). The summed E-state index contributed by atoms with van der Waals surface area (Å²) in [6, 6.07) is -4.67. The molecule has 13 heteroatoms. The first kappa shape index (κ1) is 28.6. The highest BCUT2D eigenvalue weighted by molar-refractivity contribution is 7.98. The van der Waals surface area contributed by atoms with Crippen molar-refractivity contribution in [2.45, 2.75) is 63.2 Å². The van der Waals surface area contributed by atoms with Crippen LogP contribution in [-0.2, 0) is 24.0 Å². The van der Waals surface area contributed by atoms with E-state index in [-0.39, 0.29) is 6.42 Å². The van der Waals surface area contributed by atoms with E-state index in [1.54, 1.807) is 0 Å². The molecule has 0 bridgehead atoms. The molecule has 0 aliphatic rings. The number of unbranched alkanes of at least 4 members (excludes halogenated alkanes) is 1. The maximum absolute atomic E-state index is 12.4. The summed E-state index contributed by atoms with van der Waals surface area (Å²) >= 11 is 1.52. The zero-order chi connectivity index (χ0) is 24.0. The fraction of sp³-hybridized carbons (Fsp3) is 0.722. The Kier molecular flexibility index (Phi) is 14.2. The zero-order valence-corrected chi connectivity index (χ0v) is 18.6. The Morgan fingerprint density at radius 3 is 2.03 bits per heavy atom. The van der Waals surface area contributed by atoms with Gasteiger partial charge >= 0.3 is 11.9 Å². The number of thioether (sulfide) groups is 1. The lowest BCUT2D eigenvalue weighted by Crippen LogP contribution is -2.56. The normalized spacial score (nSPS) is 14.6. The number of carbonyl (C=O) groups excluding carboxylic acids is 3. The van der Waals surface area contributed by atoms with Crippen molar-refractivity contribution in [1.29, 1.82) is 0 Å². The molecule has 12 nitrogen and oxygen atoms in total. The number of amides is 3. The number of carboxylic acids is 2. The Morgan fingerprint density at radius 2 is 1.52 bits per heavy atom. The van der Waals surface area contributed by atoms with E-state index in [2.05, 4.69) is 16.0 Å². The molecule has 0 aromatic rings. The third-order valence-electron chi connectivity index (χ3n) is 4.30. The standard InChI is InChI=1S/C18H33N5O7S/c1-10(21-16(27)11(20)6-8-31-2)15(26)23-13(9-14(24)25)17(28)22-12(18(29)30)5-3-4-7-19/h10-13H,3-9,19-20H2,1-2H3,(H,21,27)(H,22,28)(H,23,26)(H,24,25)(H,29,30). The minimum atomic E-state index is -1.52. The van der Waals surface area contributed by atoms with E-state index < -0.39 is 60.2 Å². The van der Waals surface area contributed by atoms with Crippen LogP contribution in [0.2, 0.25) is 0 Å². The first-order valence-corrected chi connectivity index (χ1v) is 11.2. The van der Waals surface area contributed by atoms with Gasteiger partial charge in [0, 0.05) is 0 Å². The van der Waals surface area contributed by atoms with Crippen LogP contribution in [0.15, 0.2) is 0 Å². The summed E-state index contributed by atoms with van der Waals surface area (Å²) in [5.41, 5.74) is 11.1. The van der Waals surface area contributed by atoms with Gasteiger partial charge in [0.2, 0.25) is 17.7 Å². The molecule has 0 fully saturated rings. The lowest BCUT2D eigenvalue weighted by molar-refractivity contribution is -0.143. The van der Waals surface area contributed by atoms with E-state index in [9.17, 15) is 29.1 Å². The monoisotopic (exact) mass is 463 g/mol. The fourth-order valence-corrected chi connectivity index (χ4v) is 2.95. The Labute approximate surface area is 185 Å². The van der Waals surface area contributed by atoms with Gasteiger partial charge in [0.05, 0.1) is 12.5 Å². The Balaban J connectivity index is 5.03. The Hall–Kier alpha value is -2.38. The number of rotatable bonds is 16. The van der Waals surface area contributed by atoms with Crippen molar-refractivity contribution < 1.29 is 34.2 Å². The maximum atomic E-state index is 12.4. The van der Waals surface area contributed by atoms with Crippen LogP contribution in [-0.4, -0.2) is 82.6 Å². The highest BCUT2D eigenvalue weighted by Crippen LogP contribution is 2.04. The quantitative estimate of drug-likeness (QED) is 0.128. The molecule has 178 valence electrons. The van der Waals surface area contributed by atoms with E-state index in [1.165, 1.54) is 18.7 Å². The lowest BCUT2D eigenvalue weighted by atomic mass is 10.1. The molecule has 9 N–H and O–H groups in total. The molecule has 0 radical (unpaired) electrons. The summed E-state index contributed by atoms with van der Waals surface area (Å²) in [4.78, 5) is 59.3. The molecule has 0 spiro atoms. The number of carboxylic acid groups (broad SMARTS) is 2. The largest absolute Gasteiger partial charge is 0.481 e. The summed E-state index contributed by atoms with van der Waals surface area (Å²) < 4.78 is 0. The molecule has 0 saturated heterocycles.